The first-order chi connectivity index (χ1) is 14.5. The van der Waals surface area contributed by atoms with Crippen molar-refractivity contribution in [3.63, 3.8) is 0 Å². The van der Waals surface area contributed by atoms with E-state index in [1.54, 1.807) is 0 Å². The van der Waals surface area contributed by atoms with E-state index in [9.17, 15) is 4.79 Å². The standard InChI is InChI=1S/C23H35N5OS/c1-5-19(4)28-22(20-11-7-6-8-12-20)25-26-23(28)30-16-21(29)24-18(3)15-27-13-9-10-17(2)14-27/h6-8,11-12,17-19H,5,9-10,13-16H2,1-4H3,(H,24,29). The highest BCUT2D eigenvalue weighted by molar-refractivity contribution is 7.99. The molecule has 1 fully saturated rings. The van der Waals surface area contributed by atoms with Crippen LogP contribution < -0.4 is 5.32 Å². The maximum absolute atomic E-state index is 12.6. The van der Waals surface area contributed by atoms with Gasteiger partial charge in [-0.25, -0.2) is 0 Å². The van der Waals surface area contributed by atoms with E-state index in [1.165, 1.54) is 24.6 Å². The lowest BCUT2D eigenvalue weighted by atomic mass is 10.00. The van der Waals surface area contributed by atoms with Crippen LogP contribution in [0.1, 0.15) is 53.0 Å². The molecular formula is C23H35N5OS. The summed E-state index contributed by atoms with van der Waals surface area (Å²) in [4.78, 5) is 15.0. The summed E-state index contributed by atoms with van der Waals surface area (Å²) in [6.45, 7) is 11.9. The fourth-order valence-electron chi connectivity index (χ4n) is 4.07. The Kier molecular flexibility index (Phi) is 8.33. The number of amides is 1. The first-order valence-corrected chi connectivity index (χ1v) is 12.1. The molecule has 164 valence electrons. The van der Waals surface area contributed by atoms with Crippen LogP contribution in [0.15, 0.2) is 35.5 Å². The highest BCUT2D eigenvalue weighted by Gasteiger charge is 2.21. The van der Waals surface area contributed by atoms with Gasteiger partial charge in [-0.2, -0.15) is 0 Å². The van der Waals surface area contributed by atoms with Gasteiger partial charge in [0.2, 0.25) is 5.91 Å². The lowest BCUT2D eigenvalue weighted by Gasteiger charge is -2.32. The minimum absolute atomic E-state index is 0.0533. The van der Waals surface area contributed by atoms with Crippen molar-refractivity contribution in [3.05, 3.63) is 30.3 Å². The number of carbonyl (C=O) groups is 1. The minimum atomic E-state index is 0.0533. The Labute approximate surface area is 184 Å². The molecule has 3 rings (SSSR count). The number of likely N-dealkylation sites (tertiary alicyclic amines) is 1. The van der Waals surface area contributed by atoms with Crippen LogP contribution in [0.25, 0.3) is 11.4 Å². The third-order valence-corrected chi connectivity index (χ3v) is 6.68. The number of piperidine rings is 1. The summed E-state index contributed by atoms with van der Waals surface area (Å²) in [5.74, 6) is 2.02. The molecule has 0 spiro atoms. The number of hydrogen-bond acceptors (Lipinski definition) is 5. The van der Waals surface area contributed by atoms with Crippen molar-refractivity contribution < 1.29 is 4.79 Å². The number of nitrogens with zero attached hydrogens (tertiary/aromatic N) is 4. The van der Waals surface area contributed by atoms with E-state index in [-0.39, 0.29) is 18.0 Å². The van der Waals surface area contributed by atoms with Crippen LogP contribution >= 0.6 is 11.8 Å². The van der Waals surface area contributed by atoms with E-state index in [4.69, 9.17) is 0 Å². The van der Waals surface area contributed by atoms with Crippen molar-refractivity contribution in [1.29, 1.82) is 0 Å². The third-order valence-electron chi connectivity index (χ3n) is 5.74. The highest BCUT2D eigenvalue weighted by atomic mass is 32.2. The van der Waals surface area contributed by atoms with Gasteiger partial charge in [0.25, 0.3) is 0 Å². The molecule has 1 aliphatic heterocycles. The van der Waals surface area contributed by atoms with E-state index < -0.39 is 0 Å². The Hall–Kier alpha value is -1.86. The molecule has 1 aromatic carbocycles. The fraction of sp³-hybridized carbons (Fsp3) is 0.609. The second-order valence-electron chi connectivity index (χ2n) is 8.56. The molecule has 1 saturated heterocycles. The lowest BCUT2D eigenvalue weighted by molar-refractivity contribution is -0.119. The van der Waals surface area contributed by atoms with Gasteiger partial charge >= 0.3 is 0 Å². The van der Waals surface area contributed by atoms with Gasteiger partial charge in [0.1, 0.15) is 0 Å². The SMILES string of the molecule is CCC(C)n1c(SCC(=O)NC(C)CN2CCCC(C)C2)nnc1-c1ccccc1. The van der Waals surface area contributed by atoms with Crippen molar-refractivity contribution in [1.82, 2.24) is 25.0 Å². The minimum Gasteiger partial charge on any atom is -0.352 e. The van der Waals surface area contributed by atoms with Crippen LogP contribution in [0.5, 0.6) is 0 Å². The zero-order valence-electron chi connectivity index (χ0n) is 18.7. The monoisotopic (exact) mass is 429 g/mol. The Balaban J connectivity index is 1.58. The molecule has 6 nitrogen and oxygen atoms in total. The molecule has 1 aliphatic rings. The number of benzene rings is 1. The summed E-state index contributed by atoms with van der Waals surface area (Å²) in [6.07, 6.45) is 3.55. The summed E-state index contributed by atoms with van der Waals surface area (Å²) < 4.78 is 2.16. The van der Waals surface area contributed by atoms with Gasteiger partial charge in [0.15, 0.2) is 11.0 Å². The molecule has 0 bridgehead atoms. The molecule has 0 saturated carbocycles. The van der Waals surface area contributed by atoms with Crippen molar-refractivity contribution in [2.75, 3.05) is 25.4 Å². The average Bonchev–Trinajstić information content (AvgIpc) is 3.16. The quantitative estimate of drug-likeness (QED) is 0.604. The second kappa shape index (κ2) is 11.0. The molecule has 30 heavy (non-hydrogen) atoms. The molecule has 7 heteroatoms. The number of carbonyl (C=O) groups excluding carboxylic acids is 1. The van der Waals surface area contributed by atoms with Crippen molar-refractivity contribution in [2.24, 2.45) is 5.92 Å². The number of nitrogens with one attached hydrogen (secondary N) is 1. The van der Waals surface area contributed by atoms with Crippen molar-refractivity contribution in [3.8, 4) is 11.4 Å². The predicted molar refractivity (Wildman–Crippen MR) is 124 cm³/mol. The summed E-state index contributed by atoms with van der Waals surface area (Å²) >= 11 is 1.47. The summed E-state index contributed by atoms with van der Waals surface area (Å²) in [5, 5.41) is 12.8. The predicted octanol–water partition coefficient (Wildman–Crippen LogP) is 4.24. The molecule has 0 aliphatic carbocycles. The summed E-state index contributed by atoms with van der Waals surface area (Å²) in [6, 6.07) is 10.5. The largest absolute Gasteiger partial charge is 0.352 e. The van der Waals surface area contributed by atoms with Crippen LogP contribution in [-0.4, -0.2) is 57.0 Å². The van der Waals surface area contributed by atoms with Crippen molar-refractivity contribution >= 4 is 17.7 Å². The first-order valence-electron chi connectivity index (χ1n) is 11.1. The molecule has 2 heterocycles. The second-order valence-corrected chi connectivity index (χ2v) is 9.51. The molecular weight excluding hydrogens is 394 g/mol. The van der Waals surface area contributed by atoms with E-state index in [2.05, 4.69) is 52.7 Å². The lowest BCUT2D eigenvalue weighted by Crippen LogP contribution is -2.45. The fourth-order valence-corrected chi connectivity index (χ4v) is 4.92. The van der Waals surface area contributed by atoms with Gasteiger partial charge in [0.05, 0.1) is 5.75 Å². The maximum atomic E-state index is 12.6. The maximum Gasteiger partial charge on any atom is 0.230 e. The van der Waals surface area contributed by atoms with E-state index in [0.717, 1.165) is 48.5 Å². The Morgan fingerprint density at radius 2 is 2.03 bits per heavy atom. The van der Waals surface area contributed by atoms with E-state index in [0.29, 0.717) is 5.75 Å². The molecule has 3 unspecified atom stereocenters. The van der Waals surface area contributed by atoms with Crippen LogP contribution in [0.3, 0.4) is 0 Å². The number of thioether (sulfide) groups is 1. The van der Waals surface area contributed by atoms with Gasteiger partial charge in [-0.1, -0.05) is 55.9 Å². The van der Waals surface area contributed by atoms with Gasteiger partial charge in [-0.15, -0.1) is 10.2 Å². The zero-order chi connectivity index (χ0) is 21.5. The van der Waals surface area contributed by atoms with E-state index in [1.807, 2.05) is 30.3 Å². The topological polar surface area (TPSA) is 63.1 Å². The van der Waals surface area contributed by atoms with Gasteiger partial charge in [-0.3, -0.25) is 9.36 Å². The van der Waals surface area contributed by atoms with E-state index >= 15 is 0 Å². The number of aromatic nitrogens is 3. The average molecular weight is 430 g/mol. The Morgan fingerprint density at radius 3 is 2.73 bits per heavy atom. The normalized spacial score (nSPS) is 19.4. The molecule has 2 aromatic rings. The summed E-state index contributed by atoms with van der Waals surface area (Å²) in [7, 11) is 0. The van der Waals surface area contributed by atoms with Gasteiger partial charge in [-0.05, 0) is 45.6 Å². The van der Waals surface area contributed by atoms with Crippen LogP contribution in [0.4, 0.5) is 0 Å². The Morgan fingerprint density at radius 1 is 1.27 bits per heavy atom. The molecule has 1 amide bonds. The van der Waals surface area contributed by atoms with Crippen LogP contribution in [0.2, 0.25) is 0 Å². The number of hydrogen-bond donors (Lipinski definition) is 1. The number of rotatable bonds is 9. The Bertz CT molecular complexity index is 809. The van der Waals surface area contributed by atoms with Gasteiger partial charge in [0, 0.05) is 30.7 Å². The third kappa shape index (κ3) is 6.08. The highest BCUT2D eigenvalue weighted by Crippen LogP contribution is 2.28. The summed E-state index contributed by atoms with van der Waals surface area (Å²) in [5.41, 5.74) is 1.05. The van der Waals surface area contributed by atoms with Crippen LogP contribution in [0, 0.1) is 5.92 Å². The zero-order valence-corrected chi connectivity index (χ0v) is 19.5. The molecule has 1 N–H and O–H groups in total. The molecule has 0 radical (unpaired) electrons. The molecule has 1 aromatic heterocycles. The van der Waals surface area contributed by atoms with Crippen LogP contribution in [-0.2, 0) is 4.79 Å². The molecule has 3 atom stereocenters. The first kappa shape index (κ1) is 22.8. The van der Waals surface area contributed by atoms with Gasteiger partial charge < -0.3 is 10.2 Å². The van der Waals surface area contributed by atoms with Crippen molar-refractivity contribution in [2.45, 2.75) is 64.2 Å². The smallest absolute Gasteiger partial charge is 0.230 e.